The first-order valence-corrected chi connectivity index (χ1v) is 19.6. The van der Waals surface area contributed by atoms with Crippen molar-refractivity contribution in [1.29, 1.82) is 5.41 Å². The Morgan fingerprint density at radius 2 is 1.03 bits per heavy atom. The number of nitrogens with zero attached hydrogens (tertiary/aromatic N) is 3. The zero-order chi connectivity index (χ0) is 38.6. The fourth-order valence-electron chi connectivity index (χ4n) is 8.63. The number of allylic oxidation sites excluding steroid dienone is 1. The van der Waals surface area contributed by atoms with Crippen LogP contribution in [-0.4, -0.2) is 21.1 Å². The molecule has 0 atom stereocenters. The van der Waals surface area contributed by atoms with E-state index in [0.29, 0.717) is 5.71 Å². The maximum Gasteiger partial charge on any atom is 0.0723 e. The van der Waals surface area contributed by atoms with E-state index in [0.717, 1.165) is 50.1 Å². The Balaban J connectivity index is 1.07. The van der Waals surface area contributed by atoms with E-state index in [2.05, 4.69) is 149 Å². The van der Waals surface area contributed by atoms with Gasteiger partial charge in [-0.1, -0.05) is 152 Å². The molecule has 0 saturated heterocycles. The third-order valence-corrected chi connectivity index (χ3v) is 11.4. The monoisotopic (exact) mass is 740 g/mol. The summed E-state index contributed by atoms with van der Waals surface area (Å²) in [4.78, 5) is 4.98. The molecule has 0 amide bonds. The van der Waals surface area contributed by atoms with Crippen molar-refractivity contribution in [2.45, 2.75) is 0 Å². The predicted molar refractivity (Wildman–Crippen MR) is 245 cm³/mol. The average Bonchev–Trinajstić information content (AvgIpc) is 3.78. The highest BCUT2D eigenvalue weighted by molar-refractivity contribution is 6.20. The zero-order valence-electron chi connectivity index (χ0n) is 31.5. The molecule has 4 heteroatoms. The van der Waals surface area contributed by atoms with Gasteiger partial charge in [-0.15, -0.1) is 0 Å². The maximum atomic E-state index is 8.81. The number of nitrogens with one attached hydrogen (secondary N) is 1. The molecule has 2 aromatic heterocycles. The van der Waals surface area contributed by atoms with E-state index in [1.165, 1.54) is 48.9 Å². The highest BCUT2D eigenvalue weighted by atomic mass is 15.0. The normalized spacial score (nSPS) is 12.2. The molecular weight excluding hydrogens is 705 g/mol. The Morgan fingerprint density at radius 3 is 1.79 bits per heavy atom. The van der Waals surface area contributed by atoms with Gasteiger partial charge in [0, 0.05) is 44.4 Å². The number of fused-ring (bicyclic) bond motifs is 8. The van der Waals surface area contributed by atoms with Crippen molar-refractivity contribution in [3.05, 3.63) is 223 Å². The summed E-state index contributed by atoms with van der Waals surface area (Å²) >= 11 is 0. The van der Waals surface area contributed by atoms with Crippen LogP contribution in [0.3, 0.4) is 0 Å². The smallest absolute Gasteiger partial charge is 0.0723 e. The van der Waals surface area contributed by atoms with Crippen molar-refractivity contribution in [2.75, 3.05) is 0 Å². The Labute approximate surface area is 335 Å². The summed E-state index contributed by atoms with van der Waals surface area (Å²) < 4.78 is 4.86. The van der Waals surface area contributed by atoms with Crippen molar-refractivity contribution in [3.63, 3.8) is 0 Å². The second-order valence-electron chi connectivity index (χ2n) is 14.8. The first-order valence-electron chi connectivity index (χ1n) is 19.6. The van der Waals surface area contributed by atoms with Crippen LogP contribution in [-0.2, 0) is 0 Å². The second-order valence-corrected chi connectivity index (χ2v) is 14.8. The molecule has 11 rings (SSSR count). The van der Waals surface area contributed by atoms with Crippen molar-refractivity contribution in [3.8, 4) is 11.4 Å². The molecule has 1 N–H and O–H groups in total. The Kier molecular flexibility index (Phi) is 7.93. The number of para-hydroxylation sites is 2. The van der Waals surface area contributed by atoms with Gasteiger partial charge in [0.1, 0.15) is 0 Å². The van der Waals surface area contributed by atoms with Crippen LogP contribution in [0.15, 0.2) is 211 Å². The molecule has 58 heavy (non-hydrogen) atoms. The molecule has 2 heterocycles. The van der Waals surface area contributed by atoms with Crippen molar-refractivity contribution < 1.29 is 0 Å². The van der Waals surface area contributed by atoms with Crippen LogP contribution in [0.5, 0.6) is 0 Å². The minimum atomic E-state index is 0.417. The molecule has 0 saturated carbocycles. The number of aromatic nitrogens is 2. The molecule has 4 nitrogen and oxygen atoms in total. The molecule has 0 aliphatic carbocycles. The minimum absolute atomic E-state index is 0.417. The predicted octanol–water partition coefficient (Wildman–Crippen LogP) is 13.7. The van der Waals surface area contributed by atoms with Crippen molar-refractivity contribution in [1.82, 2.24) is 9.13 Å². The van der Waals surface area contributed by atoms with Gasteiger partial charge in [-0.3, -0.25) is 4.99 Å². The third-order valence-electron chi connectivity index (χ3n) is 11.4. The van der Waals surface area contributed by atoms with E-state index in [4.69, 9.17) is 10.4 Å². The Bertz CT molecular complexity index is 3460. The summed E-state index contributed by atoms with van der Waals surface area (Å²) in [7, 11) is 0. The lowest BCUT2D eigenvalue weighted by Gasteiger charge is -2.13. The molecule has 0 radical (unpaired) electrons. The second kappa shape index (κ2) is 13.7. The van der Waals surface area contributed by atoms with Gasteiger partial charge in [0.2, 0.25) is 0 Å². The fourth-order valence-corrected chi connectivity index (χ4v) is 8.63. The highest BCUT2D eigenvalue weighted by Gasteiger charge is 2.19. The van der Waals surface area contributed by atoms with E-state index in [9.17, 15) is 0 Å². The molecule has 9 aromatic carbocycles. The topological polar surface area (TPSA) is 46.1 Å². The van der Waals surface area contributed by atoms with E-state index < -0.39 is 0 Å². The molecule has 0 bridgehead atoms. The molecule has 0 fully saturated rings. The van der Waals surface area contributed by atoms with Crippen molar-refractivity contribution in [2.24, 2.45) is 4.99 Å². The third kappa shape index (κ3) is 5.62. The van der Waals surface area contributed by atoms with Gasteiger partial charge in [0.25, 0.3) is 0 Å². The largest absolute Gasteiger partial charge is 0.309 e. The van der Waals surface area contributed by atoms with E-state index in [1.54, 1.807) is 0 Å². The summed E-state index contributed by atoms with van der Waals surface area (Å²) in [5.74, 6) is 0. The molecule has 0 unspecified atom stereocenters. The van der Waals surface area contributed by atoms with Crippen LogP contribution >= 0.6 is 0 Å². The van der Waals surface area contributed by atoms with E-state index in [-0.39, 0.29) is 0 Å². The molecule has 0 aliphatic heterocycles. The number of rotatable bonds is 7. The lowest BCUT2D eigenvalue weighted by atomic mass is 10.0. The van der Waals surface area contributed by atoms with Gasteiger partial charge < -0.3 is 14.5 Å². The van der Waals surface area contributed by atoms with Crippen LogP contribution in [0.25, 0.3) is 82.2 Å². The van der Waals surface area contributed by atoms with Gasteiger partial charge in [0.05, 0.1) is 39.2 Å². The van der Waals surface area contributed by atoms with E-state index in [1.807, 2.05) is 73.0 Å². The van der Waals surface area contributed by atoms with E-state index >= 15 is 0 Å². The van der Waals surface area contributed by atoms with Crippen LogP contribution in [0.2, 0.25) is 0 Å². The quantitative estimate of drug-likeness (QED) is 0.158. The SMILES string of the molecule is N=C(/C=C(\N=Cc1ccc2c(-n3c4ccccc4c4cc5c6ccccc6n(-c6ccc7ccccc7c6)c5cc43)cccc2c1)c1ccccc1)c1ccccc1. The zero-order valence-corrected chi connectivity index (χ0v) is 31.5. The average molecular weight is 741 g/mol. The standard InChI is InChI=1S/C54H36N4/c55-48(38-15-3-1-4-16-38)33-49(39-17-5-2-6-18-39)56-35-36-26-29-43-41(30-36)20-13-25-50(43)58-52-24-12-10-22-45(52)47-32-46-44-21-9-11-23-51(44)57(53(46)34-54(47)58)42-28-27-37-14-7-8-19-40(37)31-42/h1-35,55H/b49-33-,55-48?,56-35?. The first-order chi connectivity index (χ1) is 28.7. The minimum Gasteiger partial charge on any atom is -0.309 e. The number of hydrogen-bond acceptors (Lipinski definition) is 2. The van der Waals surface area contributed by atoms with Crippen LogP contribution < -0.4 is 0 Å². The summed E-state index contributed by atoms with van der Waals surface area (Å²) in [6.45, 7) is 0. The van der Waals surface area contributed by atoms with Gasteiger partial charge in [-0.25, -0.2) is 0 Å². The molecule has 11 aromatic rings. The lowest BCUT2D eigenvalue weighted by molar-refractivity contribution is 1.17. The summed E-state index contributed by atoms with van der Waals surface area (Å²) in [5.41, 5.74) is 10.9. The summed E-state index contributed by atoms with van der Waals surface area (Å²) in [5, 5.41) is 18.5. The highest BCUT2D eigenvalue weighted by Crippen LogP contribution is 2.41. The van der Waals surface area contributed by atoms with Crippen molar-refractivity contribution >= 4 is 82.8 Å². The summed E-state index contributed by atoms with van der Waals surface area (Å²) in [6.07, 6.45) is 3.75. The van der Waals surface area contributed by atoms with Gasteiger partial charge in [-0.05, 0) is 81.9 Å². The molecular formula is C54H36N4. The lowest BCUT2D eigenvalue weighted by Crippen LogP contribution is -1.97. The number of hydrogen-bond donors (Lipinski definition) is 1. The van der Waals surface area contributed by atoms with Crippen LogP contribution in [0.1, 0.15) is 16.7 Å². The van der Waals surface area contributed by atoms with Gasteiger partial charge >= 0.3 is 0 Å². The summed E-state index contributed by atoms with van der Waals surface area (Å²) in [6, 6.07) is 70.7. The van der Waals surface area contributed by atoms with Crippen LogP contribution in [0, 0.1) is 5.41 Å². The Morgan fingerprint density at radius 1 is 0.414 bits per heavy atom. The van der Waals surface area contributed by atoms with Gasteiger partial charge in [0.15, 0.2) is 0 Å². The number of benzene rings is 9. The Hall–Kier alpha value is -7.82. The van der Waals surface area contributed by atoms with Gasteiger partial charge in [-0.2, -0.15) is 0 Å². The first kappa shape index (κ1) is 33.5. The molecule has 0 spiro atoms. The molecule has 0 aliphatic rings. The fraction of sp³-hybridized carbons (Fsp3) is 0. The number of aliphatic imine (C=N–C) groups is 1. The maximum absolute atomic E-state index is 8.81. The van der Waals surface area contributed by atoms with Crippen LogP contribution in [0.4, 0.5) is 0 Å². The molecule has 272 valence electrons.